The molecule has 1 amide bonds. The highest BCUT2D eigenvalue weighted by Crippen LogP contribution is 2.33. The molecular formula is C13H23NO3. The van der Waals surface area contributed by atoms with Gasteiger partial charge >= 0.3 is 0 Å². The highest BCUT2D eigenvalue weighted by atomic mass is 16.3. The number of amides is 1. The second kappa shape index (κ2) is 6.74. The smallest absolute Gasteiger partial charge is 0.220 e. The SMILES string of the molecule is CC(C)C1CCC(=O)C(CC(=O)NCCO)C1. The molecule has 1 aliphatic rings. The van der Waals surface area contributed by atoms with Gasteiger partial charge in [-0.15, -0.1) is 0 Å². The summed E-state index contributed by atoms with van der Waals surface area (Å²) < 4.78 is 0. The number of rotatable bonds is 5. The maximum absolute atomic E-state index is 11.7. The van der Waals surface area contributed by atoms with Crippen molar-refractivity contribution < 1.29 is 14.7 Å². The minimum atomic E-state index is -0.123. The summed E-state index contributed by atoms with van der Waals surface area (Å²) in [4.78, 5) is 23.3. The summed E-state index contributed by atoms with van der Waals surface area (Å²) in [6.07, 6.45) is 2.69. The molecule has 1 fully saturated rings. The fourth-order valence-electron chi connectivity index (χ4n) is 2.44. The van der Waals surface area contributed by atoms with E-state index in [1.807, 2.05) is 0 Å². The van der Waals surface area contributed by atoms with Crippen molar-refractivity contribution in [1.29, 1.82) is 0 Å². The lowest BCUT2D eigenvalue weighted by molar-refractivity contribution is -0.131. The van der Waals surface area contributed by atoms with Crippen molar-refractivity contribution in [3.63, 3.8) is 0 Å². The molecular weight excluding hydrogens is 218 g/mol. The Morgan fingerprint density at radius 3 is 2.82 bits per heavy atom. The average Bonchev–Trinajstić information content (AvgIpc) is 2.29. The molecule has 1 aliphatic carbocycles. The van der Waals surface area contributed by atoms with E-state index in [1.54, 1.807) is 0 Å². The van der Waals surface area contributed by atoms with E-state index in [9.17, 15) is 9.59 Å². The number of hydrogen-bond acceptors (Lipinski definition) is 3. The van der Waals surface area contributed by atoms with Crippen LogP contribution in [0.25, 0.3) is 0 Å². The average molecular weight is 241 g/mol. The number of ketones is 1. The van der Waals surface area contributed by atoms with Crippen LogP contribution in [0.2, 0.25) is 0 Å². The molecule has 0 aromatic heterocycles. The summed E-state index contributed by atoms with van der Waals surface area (Å²) in [5, 5.41) is 11.2. The highest BCUT2D eigenvalue weighted by molar-refractivity contribution is 5.87. The third-order valence-electron chi connectivity index (χ3n) is 3.61. The van der Waals surface area contributed by atoms with Gasteiger partial charge in [0.25, 0.3) is 0 Å². The molecule has 1 rings (SSSR count). The summed E-state index contributed by atoms with van der Waals surface area (Å²) in [7, 11) is 0. The van der Waals surface area contributed by atoms with E-state index in [-0.39, 0.29) is 37.2 Å². The second-order valence-electron chi connectivity index (χ2n) is 5.22. The van der Waals surface area contributed by atoms with Gasteiger partial charge in [0.2, 0.25) is 5.91 Å². The zero-order valence-electron chi connectivity index (χ0n) is 10.7. The Morgan fingerprint density at radius 1 is 1.53 bits per heavy atom. The minimum Gasteiger partial charge on any atom is -0.395 e. The van der Waals surface area contributed by atoms with E-state index in [1.165, 1.54) is 0 Å². The lowest BCUT2D eigenvalue weighted by Crippen LogP contribution is -2.34. The summed E-state index contributed by atoms with van der Waals surface area (Å²) in [5.74, 6) is 1.12. The molecule has 2 unspecified atom stereocenters. The largest absolute Gasteiger partial charge is 0.395 e. The van der Waals surface area contributed by atoms with Crippen LogP contribution in [0.15, 0.2) is 0 Å². The summed E-state index contributed by atoms with van der Waals surface area (Å²) in [5.41, 5.74) is 0. The molecule has 0 aromatic carbocycles. The molecule has 4 heteroatoms. The van der Waals surface area contributed by atoms with Crippen molar-refractivity contribution in [2.45, 2.75) is 39.5 Å². The van der Waals surface area contributed by atoms with Crippen molar-refractivity contribution in [2.75, 3.05) is 13.2 Å². The van der Waals surface area contributed by atoms with Crippen LogP contribution >= 0.6 is 0 Å². The molecule has 4 nitrogen and oxygen atoms in total. The third-order valence-corrected chi connectivity index (χ3v) is 3.61. The monoisotopic (exact) mass is 241 g/mol. The maximum atomic E-state index is 11.7. The van der Waals surface area contributed by atoms with Gasteiger partial charge in [0.15, 0.2) is 0 Å². The van der Waals surface area contributed by atoms with Gasteiger partial charge in [0, 0.05) is 25.3 Å². The Kier molecular flexibility index (Phi) is 5.62. The van der Waals surface area contributed by atoms with E-state index in [4.69, 9.17) is 5.11 Å². The molecule has 0 heterocycles. The van der Waals surface area contributed by atoms with Gasteiger partial charge in [0.05, 0.1) is 6.61 Å². The first-order valence-corrected chi connectivity index (χ1v) is 6.44. The van der Waals surface area contributed by atoms with Crippen molar-refractivity contribution in [3.8, 4) is 0 Å². The van der Waals surface area contributed by atoms with Crippen LogP contribution in [0.1, 0.15) is 39.5 Å². The molecule has 0 saturated heterocycles. The van der Waals surface area contributed by atoms with E-state index >= 15 is 0 Å². The first-order valence-electron chi connectivity index (χ1n) is 6.44. The third kappa shape index (κ3) is 4.46. The molecule has 0 bridgehead atoms. The van der Waals surface area contributed by atoms with Gasteiger partial charge < -0.3 is 10.4 Å². The van der Waals surface area contributed by atoms with Crippen LogP contribution in [-0.4, -0.2) is 29.9 Å². The fourth-order valence-corrected chi connectivity index (χ4v) is 2.44. The van der Waals surface area contributed by atoms with Gasteiger partial charge in [-0.2, -0.15) is 0 Å². The molecule has 98 valence electrons. The summed E-state index contributed by atoms with van der Waals surface area (Å²) in [6, 6.07) is 0. The van der Waals surface area contributed by atoms with Crippen LogP contribution < -0.4 is 5.32 Å². The van der Waals surface area contributed by atoms with Crippen molar-refractivity contribution >= 4 is 11.7 Å². The van der Waals surface area contributed by atoms with Crippen molar-refractivity contribution in [3.05, 3.63) is 0 Å². The molecule has 17 heavy (non-hydrogen) atoms. The fraction of sp³-hybridized carbons (Fsp3) is 0.846. The number of carbonyl (C=O) groups excluding carboxylic acids is 2. The second-order valence-corrected chi connectivity index (χ2v) is 5.22. The van der Waals surface area contributed by atoms with Crippen LogP contribution in [0.5, 0.6) is 0 Å². The van der Waals surface area contributed by atoms with Gasteiger partial charge in [-0.05, 0) is 24.7 Å². The lowest BCUT2D eigenvalue weighted by Gasteiger charge is -2.30. The molecule has 0 spiro atoms. The Bertz CT molecular complexity index is 276. The highest BCUT2D eigenvalue weighted by Gasteiger charge is 2.31. The zero-order valence-corrected chi connectivity index (χ0v) is 10.7. The van der Waals surface area contributed by atoms with E-state index < -0.39 is 0 Å². The van der Waals surface area contributed by atoms with Crippen molar-refractivity contribution in [1.82, 2.24) is 5.32 Å². The number of carbonyl (C=O) groups is 2. The Labute approximate surface area is 103 Å². The number of hydrogen-bond donors (Lipinski definition) is 2. The van der Waals surface area contributed by atoms with E-state index in [2.05, 4.69) is 19.2 Å². The topological polar surface area (TPSA) is 66.4 Å². The molecule has 0 aliphatic heterocycles. The maximum Gasteiger partial charge on any atom is 0.220 e. The summed E-state index contributed by atoms with van der Waals surface area (Å²) >= 11 is 0. The quantitative estimate of drug-likeness (QED) is 0.758. The van der Waals surface area contributed by atoms with Gasteiger partial charge in [0.1, 0.15) is 5.78 Å². The number of aliphatic hydroxyl groups excluding tert-OH is 1. The molecule has 1 saturated carbocycles. The minimum absolute atomic E-state index is 0.0566. The molecule has 2 atom stereocenters. The Balaban J connectivity index is 2.44. The van der Waals surface area contributed by atoms with E-state index in [0.29, 0.717) is 18.3 Å². The van der Waals surface area contributed by atoms with Gasteiger partial charge in [-0.3, -0.25) is 9.59 Å². The normalized spacial score (nSPS) is 25.1. The predicted molar refractivity (Wildman–Crippen MR) is 65.4 cm³/mol. The van der Waals surface area contributed by atoms with Crippen LogP contribution in [0, 0.1) is 17.8 Å². The Morgan fingerprint density at radius 2 is 2.24 bits per heavy atom. The number of aliphatic hydroxyl groups is 1. The van der Waals surface area contributed by atoms with Crippen LogP contribution in [0.4, 0.5) is 0 Å². The van der Waals surface area contributed by atoms with Crippen LogP contribution in [-0.2, 0) is 9.59 Å². The predicted octanol–water partition coefficient (Wildman–Crippen LogP) is 1.13. The first kappa shape index (κ1) is 14.2. The lowest BCUT2D eigenvalue weighted by atomic mass is 9.74. The molecule has 2 N–H and O–H groups in total. The zero-order chi connectivity index (χ0) is 12.8. The number of Topliss-reactive ketones (excluding diaryl/α,β-unsaturated/α-hetero) is 1. The Hall–Kier alpha value is -0.900. The van der Waals surface area contributed by atoms with Gasteiger partial charge in [-0.25, -0.2) is 0 Å². The molecule has 0 radical (unpaired) electrons. The standard InChI is InChI=1S/C13H23NO3/c1-9(2)10-3-4-12(16)11(7-10)8-13(17)14-5-6-15/h9-11,15H,3-8H2,1-2H3,(H,14,17). The van der Waals surface area contributed by atoms with Gasteiger partial charge in [-0.1, -0.05) is 13.8 Å². The van der Waals surface area contributed by atoms with E-state index in [0.717, 1.165) is 12.8 Å². The first-order chi connectivity index (χ1) is 8.04. The molecule has 0 aromatic rings. The summed E-state index contributed by atoms with van der Waals surface area (Å²) in [6.45, 7) is 4.55. The number of nitrogens with one attached hydrogen (secondary N) is 1. The van der Waals surface area contributed by atoms with Crippen molar-refractivity contribution in [2.24, 2.45) is 17.8 Å². The van der Waals surface area contributed by atoms with Crippen LogP contribution in [0.3, 0.4) is 0 Å².